The molecule has 3 rings (SSSR count). The monoisotopic (exact) mass is 457 g/mol. The number of pyridine rings is 1. The molecule has 1 aromatic carbocycles. The number of allylic oxidation sites excluding steroid dienone is 3. The smallest absolute Gasteiger partial charge is 0.247 e. The zero-order chi connectivity index (χ0) is 24.3. The van der Waals surface area contributed by atoms with Crippen molar-refractivity contribution in [3.8, 4) is 0 Å². The molecule has 1 heterocycles. The summed E-state index contributed by atoms with van der Waals surface area (Å²) in [7, 11) is 1.54. The maximum absolute atomic E-state index is 14.2. The zero-order valence-corrected chi connectivity index (χ0v) is 18.6. The summed E-state index contributed by atoms with van der Waals surface area (Å²) in [4.78, 5) is 25.4. The molecule has 0 bridgehead atoms. The summed E-state index contributed by atoms with van der Waals surface area (Å²) >= 11 is 0. The molecule has 7 nitrogen and oxygen atoms in total. The highest BCUT2D eigenvalue weighted by Gasteiger charge is 2.36. The number of nitrogens with zero attached hydrogens (tertiary/aromatic N) is 1. The predicted octanol–water partition coefficient (Wildman–Crippen LogP) is 2.91. The van der Waals surface area contributed by atoms with Gasteiger partial charge in [0.15, 0.2) is 12.0 Å². The van der Waals surface area contributed by atoms with Crippen molar-refractivity contribution in [2.75, 3.05) is 26.0 Å². The number of aromatic nitrogens is 1. The van der Waals surface area contributed by atoms with E-state index in [9.17, 15) is 23.6 Å². The Balaban J connectivity index is 2.02. The van der Waals surface area contributed by atoms with E-state index in [1.54, 1.807) is 12.2 Å². The van der Waals surface area contributed by atoms with E-state index in [2.05, 4.69) is 5.32 Å². The topological polar surface area (TPSA) is 108 Å². The van der Waals surface area contributed by atoms with Gasteiger partial charge < -0.3 is 21.0 Å². The van der Waals surface area contributed by atoms with Gasteiger partial charge in [0, 0.05) is 42.3 Å². The zero-order valence-electron chi connectivity index (χ0n) is 18.6. The number of nitrogens with one attached hydrogen (secondary N) is 1. The van der Waals surface area contributed by atoms with Crippen LogP contribution in [0.3, 0.4) is 0 Å². The van der Waals surface area contributed by atoms with Crippen LogP contribution in [-0.2, 0) is 9.53 Å². The van der Waals surface area contributed by atoms with Crippen molar-refractivity contribution in [3.63, 3.8) is 0 Å². The Morgan fingerprint density at radius 3 is 2.58 bits per heavy atom. The summed E-state index contributed by atoms with van der Waals surface area (Å²) in [6.07, 6.45) is 4.67. The molecular formula is C24H25F2N3O4. The number of anilines is 1. The first-order valence-electron chi connectivity index (χ1n) is 10.3. The van der Waals surface area contributed by atoms with E-state index < -0.39 is 22.8 Å². The number of nitrogens with two attached hydrogens (primary N) is 1. The second-order valence-corrected chi connectivity index (χ2v) is 8.35. The predicted molar refractivity (Wildman–Crippen MR) is 119 cm³/mol. The first kappa shape index (κ1) is 24.1. The molecule has 1 aromatic heterocycles. The molecule has 0 saturated heterocycles. The van der Waals surface area contributed by atoms with Gasteiger partial charge in [-0.3, -0.25) is 9.59 Å². The highest BCUT2D eigenvalue weighted by atomic mass is 19.1. The maximum atomic E-state index is 14.2. The fourth-order valence-electron chi connectivity index (χ4n) is 3.81. The van der Waals surface area contributed by atoms with Gasteiger partial charge in [0.25, 0.3) is 0 Å². The summed E-state index contributed by atoms with van der Waals surface area (Å²) in [5, 5.41) is 15.4. The van der Waals surface area contributed by atoms with Crippen LogP contribution in [0.15, 0.2) is 48.2 Å². The molecule has 0 unspecified atom stereocenters. The van der Waals surface area contributed by atoms with Crippen LogP contribution in [0.1, 0.15) is 41.9 Å². The Morgan fingerprint density at radius 1 is 1.21 bits per heavy atom. The SMILES string of the molecule is COCCNC(=O)C1=CC=C(c2c(N)c(C(=O)c3ccc(F)cc3F)cc[n+]2[O-])C(C)(C)C1. The van der Waals surface area contributed by atoms with Crippen LogP contribution in [0, 0.1) is 22.3 Å². The summed E-state index contributed by atoms with van der Waals surface area (Å²) in [6, 6.07) is 3.82. The first-order chi connectivity index (χ1) is 15.6. The van der Waals surface area contributed by atoms with E-state index >= 15 is 0 Å². The van der Waals surface area contributed by atoms with Crippen LogP contribution >= 0.6 is 0 Å². The molecule has 0 atom stereocenters. The van der Waals surface area contributed by atoms with Gasteiger partial charge in [-0.15, -0.1) is 0 Å². The third kappa shape index (κ3) is 4.93. The highest BCUT2D eigenvalue weighted by molar-refractivity contribution is 6.13. The van der Waals surface area contributed by atoms with Crippen LogP contribution in [-0.4, -0.2) is 32.0 Å². The molecule has 0 aliphatic heterocycles. The molecule has 0 fully saturated rings. The maximum Gasteiger partial charge on any atom is 0.247 e. The Hall–Kier alpha value is -3.59. The molecule has 9 heteroatoms. The molecule has 174 valence electrons. The van der Waals surface area contributed by atoms with Gasteiger partial charge >= 0.3 is 0 Å². The minimum Gasteiger partial charge on any atom is -0.618 e. The number of methoxy groups -OCH3 is 1. The number of rotatable bonds is 7. The number of hydrogen-bond acceptors (Lipinski definition) is 5. The van der Waals surface area contributed by atoms with Gasteiger partial charge in [-0.2, -0.15) is 4.73 Å². The average Bonchev–Trinajstić information content (AvgIpc) is 2.74. The number of hydrogen-bond donors (Lipinski definition) is 2. The van der Waals surface area contributed by atoms with E-state index in [0.717, 1.165) is 18.3 Å². The highest BCUT2D eigenvalue weighted by Crippen LogP contribution is 2.43. The van der Waals surface area contributed by atoms with Crippen molar-refractivity contribution >= 4 is 23.0 Å². The Kier molecular flexibility index (Phi) is 6.92. The molecule has 1 aliphatic carbocycles. The lowest BCUT2D eigenvalue weighted by Gasteiger charge is -2.31. The lowest BCUT2D eigenvalue weighted by atomic mass is 9.73. The Bertz CT molecular complexity index is 1170. The molecule has 0 radical (unpaired) electrons. The number of amides is 1. The molecule has 3 N–H and O–H groups in total. The largest absolute Gasteiger partial charge is 0.618 e. The van der Waals surface area contributed by atoms with Gasteiger partial charge in [0.1, 0.15) is 17.3 Å². The lowest BCUT2D eigenvalue weighted by Crippen LogP contribution is -2.37. The van der Waals surface area contributed by atoms with Crippen LogP contribution in [0.5, 0.6) is 0 Å². The van der Waals surface area contributed by atoms with Crippen molar-refractivity contribution in [3.05, 3.63) is 81.8 Å². The third-order valence-electron chi connectivity index (χ3n) is 5.51. The molecule has 2 aromatic rings. The van der Waals surface area contributed by atoms with Crippen molar-refractivity contribution in [2.45, 2.75) is 20.3 Å². The fraction of sp³-hybridized carbons (Fsp3) is 0.292. The fourth-order valence-corrected chi connectivity index (χ4v) is 3.81. The molecule has 1 aliphatic rings. The van der Waals surface area contributed by atoms with Crippen LogP contribution in [0.2, 0.25) is 0 Å². The first-order valence-corrected chi connectivity index (χ1v) is 10.3. The van der Waals surface area contributed by atoms with Gasteiger partial charge in [-0.05, 0) is 18.6 Å². The van der Waals surface area contributed by atoms with Crippen LogP contribution < -0.4 is 15.8 Å². The summed E-state index contributed by atoms with van der Waals surface area (Å²) in [5.74, 6) is -2.85. The van der Waals surface area contributed by atoms with Crippen molar-refractivity contribution in [1.82, 2.24) is 5.32 Å². The van der Waals surface area contributed by atoms with E-state index in [-0.39, 0.29) is 28.4 Å². The number of benzene rings is 1. The van der Waals surface area contributed by atoms with Crippen molar-refractivity contribution in [1.29, 1.82) is 0 Å². The van der Waals surface area contributed by atoms with E-state index in [1.807, 2.05) is 13.8 Å². The third-order valence-corrected chi connectivity index (χ3v) is 5.51. The van der Waals surface area contributed by atoms with Crippen molar-refractivity contribution < 1.29 is 27.8 Å². The second kappa shape index (κ2) is 9.50. The number of halogens is 2. The van der Waals surface area contributed by atoms with Gasteiger partial charge in [0.05, 0.1) is 17.7 Å². The lowest BCUT2D eigenvalue weighted by molar-refractivity contribution is -0.607. The summed E-state index contributed by atoms with van der Waals surface area (Å²) < 4.78 is 32.9. The molecule has 33 heavy (non-hydrogen) atoms. The number of ether oxygens (including phenoxy) is 1. The van der Waals surface area contributed by atoms with E-state index in [0.29, 0.717) is 41.5 Å². The van der Waals surface area contributed by atoms with Gasteiger partial charge in [-0.25, -0.2) is 8.78 Å². The van der Waals surface area contributed by atoms with Crippen molar-refractivity contribution in [2.24, 2.45) is 5.41 Å². The van der Waals surface area contributed by atoms with Crippen LogP contribution in [0.25, 0.3) is 5.57 Å². The summed E-state index contributed by atoms with van der Waals surface area (Å²) in [5.41, 5.74) is 6.10. The van der Waals surface area contributed by atoms with Gasteiger partial charge in [-0.1, -0.05) is 26.0 Å². The average molecular weight is 457 g/mol. The molecule has 1 amide bonds. The molecule has 0 saturated carbocycles. The minimum absolute atomic E-state index is 0.0449. The number of carbonyl (C=O) groups is 2. The summed E-state index contributed by atoms with van der Waals surface area (Å²) in [6.45, 7) is 4.44. The Morgan fingerprint density at radius 2 is 1.94 bits per heavy atom. The standard InChI is InChI=1S/C24H25F2N3O4/c1-24(2)13-14(23(31)28-9-11-33-3)4-7-18(24)21-20(27)17(8-10-29(21)32)22(30)16-6-5-15(25)12-19(16)26/h4-8,10,12H,9,11,13,27H2,1-3H3,(H,28,31). The Labute approximate surface area is 190 Å². The minimum atomic E-state index is -1.02. The second-order valence-electron chi connectivity index (χ2n) is 8.35. The van der Waals surface area contributed by atoms with Gasteiger partial charge in [0.2, 0.25) is 11.6 Å². The number of ketones is 1. The van der Waals surface area contributed by atoms with E-state index in [4.69, 9.17) is 10.5 Å². The molecule has 0 spiro atoms. The van der Waals surface area contributed by atoms with Crippen LogP contribution in [0.4, 0.5) is 14.5 Å². The quantitative estimate of drug-likeness (QED) is 0.288. The molecular weight excluding hydrogens is 432 g/mol. The van der Waals surface area contributed by atoms with E-state index in [1.165, 1.54) is 13.2 Å². The number of nitrogen functional groups attached to an aromatic ring is 1. The number of carbonyl (C=O) groups excluding carboxylic acids is 2. The normalized spacial score (nSPS) is 14.9.